The summed E-state index contributed by atoms with van der Waals surface area (Å²) in [7, 11) is 0. The maximum Gasteiger partial charge on any atom is 0.381 e. The van der Waals surface area contributed by atoms with Crippen LogP contribution in [0.5, 0.6) is 0 Å². The monoisotopic (exact) mass is 332 g/mol. The van der Waals surface area contributed by atoms with Crippen molar-refractivity contribution in [3.8, 4) is 11.8 Å². The molecule has 1 rings (SSSR count). The Morgan fingerprint density at radius 3 is 1.82 bits per heavy atom. The second kappa shape index (κ2) is 6.12. The summed E-state index contributed by atoms with van der Waals surface area (Å²) in [4.78, 5) is 0. The molecule has 9 heteroatoms. The van der Waals surface area contributed by atoms with Gasteiger partial charge in [-0.3, -0.25) is 0 Å². The van der Waals surface area contributed by atoms with E-state index < -0.39 is 30.3 Å². The summed E-state index contributed by atoms with van der Waals surface area (Å²) in [6, 6.07) is 6.88. The minimum Gasteiger partial charge on any atom is -0.374 e. The molecule has 0 spiro atoms. The Labute approximate surface area is 119 Å². The molecule has 122 valence electrons. The molecular formula is C13H8F8O. The van der Waals surface area contributed by atoms with E-state index in [4.69, 9.17) is 5.11 Å². The summed E-state index contributed by atoms with van der Waals surface area (Å²) < 4.78 is 101. The van der Waals surface area contributed by atoms with Gasteiger partial charge in [0.2, 0.25) is 0 Å². The van der Waals surface area contributed by atoms with Crippen LogP contribution in [0.25, 0.3) is 0 Å². The van der Waals surface area contributed by atoms with Gasteiger partial charge in [-0.1, -0.05) is 30.0 Å². The molecule has 0 saturated carbocycles. The van der Waals surface area contributed by atoms with Crippen molar-refractivity contribution in [1.29, 1.82) is 0 Å². The number of rotatable bonds is 4. The zero-order valence-electron chi connectivity index (χ0n) is 10.5. The molecule has 1 atom stereocenters. The molecule has 0 aliphatic carbocycles. The van der Waals surface area contributed by atoms with E-state index in [1.54, 1.807) is 0 Å². The Bertz CT molecular complexity index is 558. The molecule has 0 aliphatic heterocycles. The number of halogens is 8. The molecular weight excluding hydrogens is 324 g/mol. The van der Waals surface area contributed by atoms with Crippen molar-refractivity contribution >= 4 is 0 Å². The van der Waals surface area contributed by atoms with Crippen molar-refractivity contribution < 1.29 is 40.2 Å². The Morgan fingerprint density at radius 1 is 0.864 bits per heavy atom. The standard InChI is InChI=1S/C13H8F8O/c14-10(15)12(18,19)13(20,21)11(16,17)9(22)7-6-8-4-2-1-3-5-8/h1-5,9-10,22H. The second-order valence-corrected chi connectivity index (χ2v) is 4.16. The van der Waals surface area contributed by atoms with E-state index in [1.807, 2.05) is 5.92 Å². The van der Waals surface area contributed by atoms with E-state index in [-0.39, 0.29) is 5.56 Å². The summed E-state index contributed by atoms with van der Waals surface area (Å²) in [5.41, 5.74) is 0.0290. The number of benzene rings is 1. The Morgan fingerprint density at radius 2 is 1.36 bits per heavy atom. The molecule has 0 bridgehead atoms. The third-order valence-electron chi connectivity index (χ3n) is 2.58. The van der Waals surface area contributed by atoms with Crippen molar-refractivity contribution in [2.24, 2.45) is 0 Å². The molecule has 0 aliphatic rings. The maximum absolute atomic E-state index is 13.2. The molecule has 0 heterocycles. The highest BCUT2D eigenvalue weighted by Crippen LogP contribution is 2.49. The first-order chi connectivity index (χ1) is 9.94. The van der Waals surface area contributed by atoms with Gasteiger partial charge in [-0.05, 0) is 12.1 Å². The van der Waals surface area contributed by atoms with Crippen LogP contribution in [0.1, 0.15) is 5.56 Å². The molecule has 0 saturated heterocycles. The van der Waals surface area contributed by atoms with Crippen molar-refractivity contribution in [2.45, 2.75) is 30.3 Å². The van der Waals surface area contributed by atoms with Crippen LogP contribution >= 0.6 is 0 Å². The third-order valence-corrected chi connectivity index (χ3v) is 2.58. The third kappa shape index (κ3) is 3.16. The highest BCUT2D eigenvalue weighted by molar-refractivity contribution is 5.35. The Balaban J connectivity index is 3.10. The minimum absolute atomic E-state index is 0.0290. The van der Waals surface area contributed by atoms with Crippen LogP contribution in [-0.2, 0) is 0 Å². The normalized spacial score (nSPS) is 14.5. The molecule has 1 aromatic rings. The fraction of sp³-hybridized carbons (Fsp3) is 0.385. The summed E-state index contributed by atoms with van der Waals surface area (Å²) >= 11 is 0. The molecule has 1 nitrogen and oxygen atoms in total. The fourth-order valence-electron chi connectivity index (χ4n) is 1.29. The van der Waals surface area contributed by atoms with Crippen LogP contribution in [0.4, 0.5) is 35.1 Å². The van der Waals surface area contributed by atoms with Crippen LogP contribution in [0.15, 0.2) is 30.3 Å². The van der Waals surface area contributed by atoms with E-state index in [2.05, 4.69) is 0 Å². The van der Waals surface area contributed by atoms with Gasteiger partial charge >= 0.3 is 24.2 Å². The quantitative estimate of drug-likeness (QED) is 0.660. The lowest BCUT2D eigenvalue weighted by molar-refractivity contribution is -0.350. The van der Waals surface area contributed by atoms with Crippen LogP contribution in [0.3, 0.4) is 0 Å². The topological polar surface area (TPSA) is 20.2 Å². The zero-order chi connectivity index (χ0) is 17.2. The summed E-state index contributed by atoms with van der Waals surface area (Å²) in [5, 5.41) is 8.94. The van der Waals surface area contributed by atoms with E-state index >= 15 is 0 Å². The summed E-state index contributed by atoms with van der Waals surface area (Å²) in [6.45, 7) is 0. The highest BCUT2D eigenvalue weighted by atomic mass is 19.4. The molecule has 0 aromatic heterocycles. The molecule has 1 unspecified atom stereocenters. The van der Waals surface area contributed by atoms with Gasteiger partial charge in [-0.2, -0.15) is 26.3 Å². The van der Waals surface area contributed by atoms with Gasteiger partial charge in [0.1, 0.15) is 0 Å². The number of aliphatic hydroxyl groups excluding tert-OH is 1. The van der Waals surface area contributed by atoms with Crippen molar-refractivity contribution in [3.05, 3.63) is 35.9 Å². The molecule has 0 fully saturated rings. The van der Waals surface area contributed by atoms with Gasteiger partial charge in [-0.25, -0.2) is 8.78 Å². The predicted molar refractivity (Wildman–Crippen MR) is 60.2 cm³/mol. The first-order valence-electron chi connectivity index (χ1n) is 5.61. The van der Waals surface area contributed by atoms with Gasteiger partial charge < -0.3 is 5.11 Å². The number of aliphatic hydroxyl groups is 1. The summed E-state index contributed by atoms with van der Waals surface area (Å²) in [5.74, 6) is -15.6. The van der Waals surface area contributed by atoms with E-state index in [0.29, 0.717) is 0 Å². The lowest BCUT2D eigenvalue weighted by atomic mass is 9.99. The number of alkyl halides is 8. The molecule has 1 N–H and O–H groups in total. The average molecular weight is 332 g/mol. The largest absolute Gasteiger partial charge is 0.381 e. The zero-order valence-corrected chi connectivity index (χ0v) is 10.5. The number of hydrogen-bond acceptors (Lipinski definition) is 1. The van der Waals surface area contributed by atoms with Crippen LogP contribution in [-0.4, -0.2) is 35.4 Å². The average Bonchev–Trinajstić information content (AvgIpc) is 2.45. The fourth-order valence-corrected chi connectivity index (χ4v) is 1.29. The summed E-state index contributed by atoms with van der Waals surface area (Å²) in [6.07, 6.45) is -8.60. The van der Waals surface area contributed by atoms with E-state index in [0.717, 1.165) is 0 Å². The molecule has 1 aromatic carbocycles. The molecule has 0 radical (unpaired) electrons. The van der Waals surface area contributed by atoms with Gasteiger partial charge in [0.15, 0.2) is 6.10 Å². The smallest absolute Gasteiger partial charge is 0.374 e. The SMILES string of the molecule is OC(C#Cc1ccccc1)C(F)(F)C(F)(F)C(F)(F)C(F)F. The minimum atomic E-state index is -6.49. The lowest BCUT2D eigenvalue weighted by Crippen LogP contribution is -2.61. The van der Waals surface area contributed by atoms with Crippen molar-refractivity contribution in [3.63, 3.8) is 0 Å². The molecule has 22 heavy (non-hydrogen) atoms. The van der Waals surface area contributed by atoms with Crippen molar-refractivity contribution in [1.82, 2.24) is 0 Å². The first kappa shape index (κ1) is 18.2. The predicted octanol–water partition coefficient (Wildman–Crippen LogP) is 3.57. The second-order valence-electron chi connectivity index (χ2n) is 4.16. The van der Waals surface area contributed by atoms with Crippen LogP contribution in [0, 0.1) is 11.8 Å². The lowest BCUT2D eigenvalue weighted by Gasteiger charge is -2.33. The highest BCUT2D eigenvalue weighted by Gasteiger charge is 2.77. The first-order valence-corrected chi connectivity index (χ1v) is 5.61. The number of hydrogen-bond donors (Lipinski definition) is 1. The van der Waals surface area contributed by atoms with Crippen LogP contribution in [0.2, 0.25) is 0 Å². The van der Waals surface area contributed by atoms with Gasteiger partial charge in [0.05, 0.1) is 0 Å². The van der Waals surface area contributed by atoms with Gasteiger partial charge in [-0.15, -0.1) is 0 Å². The Kier molecular flexibility index (Phi) is 5.07. The maximum atomic E-state index is 13.2. The van der Waals surface area contributed by atoms with E-state index in [9.17, 15) is 35.1 Å². The van der Waals surface area contributed by atoms with Crippen molar-refractivity contribution in [2.75, 3.05) is 0 Å². The van der Waals surface area contributed by atoms with Gasteiger partial charge in [0.25, 0.3) is 0 Å². The van der Waals surface area contributed by atoms with E-state index in [1.165, 1.54) is 36.3 Å². The molecule has 0 amide bonds. The van der Waals surface area contributed by atoms with Gasteiger partial charge in [0, 0.05) is 5.56 Å². The Hall–Kier alpha value is -1.82. The van der Waals surface area contributed by atoms with Crippen LogP contribution < -0.4 is 0 Å².